The second kappa shape index (κ2) is 9.38. The van der Waals surface area contributed by atoms with Gasteiger partial charge in [-0.1, -0.05) is 47.5 Å². The maximum Gasteiger partial charge on any atom is 0.254 e. The van der Waals surface area contributed by atoms with Crippen LogP contribution in [0.2, 0.25) is 10.0 Å². The van der Waals surface area contributed by atoms with Crippen molar-refractivity contribution in [2.75, 3.05) is 26.2 Å². The number of amides is 1. The van der Waals surface area contributed by atoms with Gasteiger partial charge in [0.2, 0.25) is 0 Å². The van der Waals surface area contributed by atoms with E-state index in [1.54, 1.807) is 6.20 Å². The molecule has 32 heavy (non-hydrogen) atoms. The number of fused-ring (bicyclic) bond motifs is 1. The van der Waals surface area contributed by atoms with Crippen LogP contribution >= 0.6 is 23.2 Å². The summed E-state index contributed by atoms with van der Waals surface area (Å²) in [5, 5.41) is 2.19. The number of piperidine rings is 1. The summed E-state index contributed by atoms with van der Waals surface area (Å²) in [6.45, 7) is 3.88. The fraction of sp³-hybridized carbons (Fsp3) is 0.385. The first-order chi connectivity index (χ1) is 15.6. The van der Waals surface area contributed by atoms with Gasteiger partial charge in [-0.25, -0.2) is 0 Å². The highest BCUT2D eigenvalue weighted by Gasteiger charge is 2.32. The Hall–Kier alpha value is -2.14. The van der Waals surface area contributed by atoms with Crippen molar-refractivity contribution in [2.24, 2.45) is 5.92 Å². The first-order valence-electron chi connectivity index (χ1n) is 11.4. The van der Waals surface area contributed by atoms with E-state index in [0.29, 0.717) is 22.0 Å². The highest BCUT2D eigenvalue weighted by Crippen LogP contribution is 2.29. The number of aromatic nitrogens is 1. The van der Waals surface area contributed by atoms with Crippen molar-refractivity contribution in [3.05, 3.63) is 75.9 Å². The smallest absolute Gasteiger partial charge is 0.254 e. The topological polar surface area (TPSA) is 36.4 Å². The summed E-state index contributed by atoms with van der Waals surface area (Å²) in [6.07, 6.45) is 6.06. The number of para-hydroxylation sites is 1. The molecule has 4 nitrogen and oxygen atoms in total. The summed E-state index contributed by atoms with van der Waals surface area (Å²) in [7, 11) is 0. The normalized spacial score (nSPS) is 20.2. The van der Waals surface area contributed by atoms with Gasteiger partial charge >= 0.3 is 0 Å². The van der Waals surface area contributed by atoms with Crippen molar-refractivity contribution in [3.8, 4) is 0 Å². The number of rotatable bonds is 4. The number of pyridine rings is 1. The molecule has 0 saturated carbocycles. The van der Waals surface area contributed by atoms with Crippen LogP contribution in [0.3, 0.4) is 0 Å². The van der Waals surface area contributed by atoms with Crippen LogP contribution in [-0.4, -0.2) is 52.9 Å². The largest absolute Gasteiger partial charge is 0.339 e. The zero-order valence-electron chi connectivity index (χ0n) is 18.0. The first-order valence-corrected chi connectivity index (χ1v) is 12.1. The molecule has 1 amide bonds. The molecule has 1 unspecified atom stereocenters. The van der Waals surface area contributed by atoms with Gasteiger partial charge in [-0.15, -0.1) is 0 Å². The molecule has 0 radical (unpaired) electrons. The minimum absolute atomic E-state index is 0.126. The van der Waals surface area contributed by atoms with Crippen LogP contribution in [0.25, 0.3) is 10.9 Å². The fourth-order valence-corrected chi connectivity index (χ4v) is 5.57. The Morgan fingerprint density at radius 3 is 2.59 bits per heavy atom. The van der Waals surface area contributed by atoms with E-state index in [1.807, 2.05) is 47.4 Å². The zero-order chi connectivity index (χ0) is 22.1. The summed E-state index contributed by atoms with van der Waals surface area (Å²) >= 11 is 12.2. The number of nitrogens with zero attached hydrogens (tertiary/aromatic N) is 3. The second-order valence-electron chi connectivity index (χ2n) is 9.00. The minimum atomic E-state index is 0.126. The van der Waals surface area contributed by atoms with Crippen molar-refractivity contribution in [1.82, 2.24) is 14.8 Å². The second-order valence-corrected chi connectivity index (χ2v) is 9.82. The lowest BCUT2D eigenvalue weighted by Crippen LogP contribution is -2.46. The van der Waals surface area contributed by atoms with E-state index in [2.05, 4.69) is 16.0 Å². The average Bonchev–Trinajstić information content (AvgIpc) is 3.29. The Labute approximate surface area is 199 Å². The Balaban J connectivity index is 1.17. The maximum absolute atomic E-state index is 13.2. The van der Waals surface area contributed by atoms with Crippen LogP contribution in [-0.2, 0) is 6.42 Å². The van der Waals surface area contributed by atoms with Gasteiger partial charge in [0.15, 0.2) is 0 Å². The molecule has 2 saturated heterocycles. The molecular formula is C26H27Cl2N3O. The average molecular weight is 468 g/mol. The van der Waals surface area contributed by atoms with Crippen LogP contribution in [0.1, 0.15) is 35.2 Å². The molecule has 0 N–H and O–H groups in total. The molecule has 1 atom stereocenters. The maximum atomic E-state index is 13.2. The van der Waals surface area contributed by atoms with E-state index in [0.717, 1.165) is 61.9 Å². The molecule has 0 aliphatic carbocycles. The first kappa shape index (κ1) is 21.7. The molecular weight excluding hydrogens is 441 g/mol. The van der Waals surface area contributed by atoms with Gasteiger partial charge in [0.1, 0.15) is 0 Å². The van der Waals surface area contributed by atoms with Gasteiger partial charge < -0.3 is 4.90 Å². The fourth-order valence-electron chi connectivity index (χ4n) is 5.25. The van der Waals surface area contributed by atoms with E-state index < -0.39 is 0 Å². The number of benzene rings is 2. The molecule has 3 aromatic rings. The number of carbonyl (C=O) groups is 1. The van der Waals surface area contributed by atoms with Crippen LogP contribution < -0.4 is 0 Å². The van der Waals surface area contributed by atoms with E-state index in [9.17, 15) is 4.79 Å². The van der Waals surface area contributed by atoms with Gasteiger partial charge in [-0.05, 0) is 68.0 Å². The Kier molecular flexibility index (Phi) is 6.36. The number of carbonyl (C=O) groups excluding carboxylic acids is 1. The molecule has 0 bridgehead atoms. The molecule has 2 aliphatic heterocycles. The highest BCUT2D eigenvalue weighted by atomic mass is 35.5. The third-order valence-electron chi connectivity index (χ3n) is 6.97. The van der Waals surface area contributed by atoms with Crippen molar-refractivity contribution in [1.29, 1.82) is 0 Å². The van der Waals surface area contributed by atoms with E-state index >= 15 is 0 Å². The van der Waals surface area contributed by atoms with Crippen LogP contribution in [0.15, 0.2) is 54.7 Å². The third kappa shape index (κ3) is 4.50. The molecule has 2 fully saturated rings. The summed E-state index contributed by atoms with van der Waals surface area (Å²) in [5.74, 6) is 0.774. The zero-order valence-corrected chi connectivity index (χ0v) is 19.5. The Bertz CT molecular complexity index is 1120. The van der Waals surface area contributed by atoms with Crippen LogP contribution in [0.5, 0.6) is 0 Å². The van der Waals surface area contributed by atoms with Crippen LogP contribution in [0.4, 0.5) is 0 Å². The lowest BCUT2D eigenvalue weighted by atomic mass is 9.98. The predicted molar refractivity (Wildman–Crippen MR) is 131 cm³/mol. The van der Waals surface area contributed by atoms with Gasteiger partial charge in [-0.3, -0.25) is 14.7 Å². The van der Waals surface area contributed by atoms with E-state index in [1.165, 1.54) is 12.0 Å². The number of hydrogen-bond acceptors (Lipinski definition) is 3. The minimum Gasteiger partial charge on any atom is -0.339 e. The number of hydrogen-bond donors (Lipinski definition) is 0. The van der Waals surface area contributed by atoms with Crippen molar-refractivity contribution < 1.29 is 4.79 Å². The number of likely N-dealkylation sites (tertiary alicyclic amines) is 2. The molecule has 3 heterocycles. The summed E-state index contributed by atoms with van der Waals surface area (Å²) in [6, 6.07) is 16.3. The van der Waals surface area contributed by atoms with Crippen LogP contribution in [0, 0.1) is 5.92 Å². The Morgan fingerprint density at radius 1 is 0.969 bits per heavy atom. The quantitative estimate of drug-likeness (QED) is 0.492. The predicted octanol–water partition coefficient (Wildman–Crippen LogP) is 5.71. The summed E-state index contributed by atoms with van der Waals surface area (Å²) in [5.41, 5.74) is 2.89. The van der Waals surface area contributed by atoms with Gasteiger partial charge in [0, 0.05) is 37.3 Å². The monoisotopic (exact) mass is 467 g/mol. The molecule has 1 aromatic heterocycles. The Morgan fingerprint density at radius 2 is 1.78 bits per heavy atom. The standard InChI is InChI=1S/C26H27Cl2N3O/c27-23-6-5-18(16-24(23)28)15-19-8-12-31(17-19)20-9-13-30(14-10-20)26(32)22-7-11-29-25-4-2-1-3-21(22)25/h1-7,11,16,19-20H,8-10,12-15,17H2. The van der Waals surface area contributed by atoms with E-state index in [4.69, 9.17) is 23.2 Å². The third-order valence-corrected chi connectivity index (χ3v) is 7.71. The van der Waals surface area contributed by atoms with E-state index in [-0.39, 0.29) is 5.91 Å². The van der Waals surface area contributed by atoms with Crippen molar-refractivity contribution in [3.63, 3.8) is 0 Å². The van der Waals surface area contributed by atoms with Crippen molar-refractivity contribution in [2.45, 2.75) is 31.7 Å². The lowest BCUT2D eigenvalue weighted by molar-refractivity contribution is 0.0643. The summed E-state index contributed by atoms with van der Waals surface area (Å²) < 4.78 is 0. The summed E-state index contributed by atoms with van der Waals surface area (Å²) in [4.78, 5) is 22.2. The molecule has 5 rings (SSSR count). The molecule has 0 spiro atoms. The number of halogens is 2. The highest BCUT2D eigenvalue weighted by molar-refractivity contribution is 6.42. The van der Waals surface area contributed by atoms with Gasteiger partial charge in [0.05, 0.1) is 21.1 Å². The molecule has 2 aromatic carbocycles. The lowest BCUT2D eigenvalue weighted by Gasteiger charge is -2.37. The molecule has 6 heteroatoms. The molecule has 166 valence electrons. The SMILES string of the molecule is O=C(c1ccnc2ccccc12)N1CCC(N2CCC(Cc3ccc(Cl)c(Cl)c3)C2)CC1. The van der Waals surface area contributed by atoms with Gasteiger partial charge in [0.25, 0.3) is 5.91 Å². The molecule has 2 aliphatic rings. The van der Waals surface area contributed by atoms with Crippen molar-refractivity contribution >= 4 is 40.0 Å². The van der Waals surface area contributed by atoms with Gasteiger partial charge in [-0.2, -0.15) is 0 Å².